The van der Waals surface area contributed by atoms with E-state index in [0.29, 0.717) is 6.04 Å². The molecule has 0 aliphatic carbocycles. The first-order valence-electron chi connectivity index (χ1n) is 4.79. The molecule has 1 fully saturated rings. The van der Waals surface area contributed by atoms with Crippen LogP contribution in [-0.2, 0) is 11.2 Å². The smallest absolute Gasteiger partial charge is 0.108 e. The second-order valence-electron chi connectivity index (χ2n) is 3.23. The second kappa shape index (κ2) is 3.94. The molecule has 1 saturated heterocycles. The Kier molecular flexibility index (Phi) is 2.66. The minimum Gasteiger partial charge on any atom is -0.469 e. The van der Waals surface area contributed by atoms with Gasteiger partial charge in [-0.2, -0.15) is 0 Å². The lowest BCUT2D eigenvalue weighted by molar-refractivity contribution is 0.0763. The molecule has 2 heterocycles. The van der Waals surface area contributed by atoms with Crippen molar-refractivity contribution in [3.63, 3.8) is 0 Å². The minimum atomic E-state index is 0.322. The molecule has 1 aromatic heterocycles. The van der Waals surface area contributed by atoms with Crippen molar-refractivity contribution in [3.05, 3.63) is 23.7 Å². The van der Waals surface area contributed by atoms with Gasteiger partial charge in [0.25, 0.3) is 0 Å². The number of nitrogens with one attached hydrogen (secondary N) is 1. The molecule has 0 amide bonds. The van der Waals surface area contributed by atoms with E-state index in [0.717, 1.165) is 31.9 Å². The lowest BCUT2D eigenvalue weighted by atomic mass is 10.1. The first-order valence-corrected chi connectivity index (χ1v) is 4.79. The predicted octanol–water partition coefficient (Wildman–Crippen LogP) is 1.50. The summed E-state index contributed by atoms with van der Waals surface area (Å²) >= 11 is 0. The van der Waals surface area contributed by atoms with Gasteiger partial charge in [0.15, 0.2) is 0 Å². The number of hydrogen-bond donors (Lipinski definition) is 1. The third-order valence-electron chi connectivity index (χ3n) is 2.40. The number of rotatable bonds is 2. The zero-order valence-electron chi connectivity index (χ0n) is 7.88. The van der Waals surface area contributed by atoms with Gasteiger partial charge in [-0.05, 0) is 6.07 Å². The van der Waals surface area contributed by atoms with Gasteiger partial charge in [0.05, 0.1) is 25.5 Å². The number of aryl methyl sites for hydroxylation is 1. The lowest BCUT2D eigenvalue weighted by Crippen LogP contribution is -2.34. The molecule has 0 radical (unpaired) electrons. The summed E-state index contributed by atoms with van der Waals surface area (Å²) in [5, 5.41) is 3.41. The SMILES string of the molecule is CCc1occc1C1COCCN1. The first kappa shape index (κ1) is 8.78. The summed E-state index contributed by atoms with van der Waals surface area (Å²) in [7, 11) is 0. The molecule has 3 heteroatoms. The van der Waals surface area contributed by atoms with Crippen molar-refractivity contribution >= 4 is 0 Å². The topological polar surface area (TPSA) is 34.4 Å². The molecule has 0 aromatic carbocycles. The van der Waals surface area contributed by atoms with Crippen LogP contribution in [-0.4, -0.2) is 19.8 Å². The van der Waals surface area contributed by atoms with E-state index in [1.807, 2.05) is 6.07 Å². The summed E-state index contributed by atoms with van der Waals surface area (Å²) in [5.41, 5.74) is 1.25. The maximum atomic E-state index is 5.40. The lowest BCUT2D eigenvalue weighted by Gasteiger charge is -2.23. The van der Waals surface area contributed by atoms with E-state index in [9.17, 15) is 0 Å². The fraction of sp³-hybridized carbons (Fsp3) is 0.600. The molecular weight excluding hydrogens is 166 g/mol. The van der Waals surface area contributed by atoms with E-state index >= 15 is 0 Å². The normalized spacial score (nSPS) is 23.3. The summed E-state index contributed by atoms with van der Waals surface area (Å²) < 4.78 is 10.8. The Balaban J connectivity index is 2.13. The zero-order valence-corrected chi connectivity index (χ0v) is 7.88. The fourth-order valence-electron chi connectivity index (χ4n) is 1.71. The number of morpholine rings is 1. The van der Waals surface area contributed by atoms with Crippen LogP contribution >= 0.6 is 0 Å². The Hall–Kier alpha value is -0.800. The van der Waals surface area contributed by atoms with Gasteiger partial charge < -0.3 is 14.5 Å². The molecule has 1 atom stereocenters. The summed E-state index contributed by atoms with van der Waals surface area (Å²) in [6, 6.07) is 2.35. The van der Waals surface area contributed by atoms with E-state index in [4.69, 9.17) is 9.15 Å². The van der Waals surface area contributed by atoms with Crippen LogP contribution in [0.25, 0.3) is 0 Å². The molecule has 1 aliphatic heterocycles. The molecule has 0 bridgehead atoms. The average molecular weight is 181 g/mol. The summed E-state index contributed by atoms with van der Waals surface area (Å²) in [6.07, 6.45) is 2.70. The van der Waals surface area contributed by atoms with Crippen LogP contribution in [0.4, 0.5) is 0 Å². The Labute approximate surface area is 78.1 Å². The van der Waals surface area contributed by atoms with Crippen LogP contribution in [0.2, 0.25) is 0 Å². The number of hydrogen-bond acceptors (Lipinski definition) is 3. The van der Waals surface area contributed by atoms with Crippen molar-refractivity contribution in [3.8, 4) is 0 Å². The van der Waals surface area contributed by atoms with Gasteiger partial charge in [0.2, 0.25) is 0 Å². The van der Waals surface area contributed by atoms with Gasteiger partial charge in [0, 0.05) is 18.5 Å². The Morgan fingerprint density at radius 3 is 3.23 bits per heavy atom. The van der Waals surface area contributed by atoms with Crippen LogP contribution in [0.1, 0.15) is 24.3 Å². The zero-order chi connectivity index (χ0) is 9.10. The van der Waals surface area contributed by atoms with Crippen LogP contribution in [0.3, 0.4) is 0 Å². The molecule has 72 valence electrons. The Morgan fingerprint density at radius 1 is 1.62 bits per heavy atom. The van der Waals surface area contributed by atoms with Crippen LogP contribution in [0, 0.1) is 0 Å². The van der Waals surface area contributed by atoms with Gasteiger partial charge in [-0.3, -0.25) is 0 Å². The number of ether oxygens (including phenoxy) is 1. The Bertz CT molecular complexity index is 264. The van der Waals surface area contributed by atoms with Crippen molar-refractivity contribution in [2.45, 2.75) is 19.4 Å². The highest BCUT2D eigenvalue weighted by atomic mass is 16.5. The highest BCUT2D eigenvalue weighted by Crippen LogP contribution is 2.21. The van der Waals surface area contributed by atoms with Crippen molar-refractivity contribution < 1.29 is 9.15 Å². The van der Waals surface area contributed by atoms with Crippen LogP contribution in [0.15, 0.2) is 16.7 Å². The van der Waals surface area contributed by atoms with Gasteiger partial charge in [-0.15, -0.1) is 0 Å². The fourth-order valence-corrected chi connectivity index (χ4v) is 1.71. The molecule has 2 rings (SSSR count). The first-order chi connectivity index (χ1) is 6.42. The second-order valence-corrected chi connectivity index (χ2v) is 3.23. The highest BCUT2D eigenvalue weighted by Gasteiger charge is 2.19. The van der Waals surface area contributed by atoms with E-state index in [1.165, 1.54) is 5.56 Å². The Morgan fingerprint density at radius 2 is 2.54 bits per heavy atom. The minimum absolute atomic E-state index is 0.322. The van der Waals surface area contributed by atoms with Crippen molar-refractivity contribution in [1.29, 1.82) is 0 Å². The molecule has 3 nitrogen and oxygen atoms in total. The molecule has 1 aromatic rings. The van der Waals surface area contributed by atoms with Crippen LogP contribution < -0.4 is 5.32 Å². The summed E-state index contributed by atoms with van der Waals surface area (Å²) in [6.45, 7) is 4.60. The van der Waals surface area contributed by atoms with E-state index < -0.39 is 0 Å². The molecule has 0 saturated carbocycles. The van der Waals surface area contributed by atoms with Gasteiger partial charge in [0.1, 0.15) is 5.76 Å². The molecule has 0 spiro atoms. The van der Waals surface area contributed by atoms with Gasteiger partial charge >= 0.3 is 0 Å². The third-order valence-corrected chi connectivity index (χ3v) is 2.40. The molecule has 1 N–H and O–H groups in total. The monoisotopic (exact) mass is 181 g/mol. The molecular formula is C10H15NO2. The molecule has 1 aliphatic rings. The largest absolute Gasteiger partial charge is 0.469 e. The van der Waals surface area contributed by atoms with E-state index in [1.54, 1.807) is 6.26 Å². The predicted molar refractivity (Wildman–Crippen MR) is 49.6 cm³/mol. The van der Waals surface area contributed by atoms with Crippen molar-refractivity contribution in [2.24, 2.45) is 0 Å². The third kappa shape index (κ3) is 1.76. The van der Waals surface area contributed by atoms with Gasteiger partial charge in [-0.1, -0.05) is 6.92 Å². The standard InChI is InChI=1S/C10H15NO2/c1-2-10-8(3-5-13-10)9-7-12-6-4-11-9/h3,5,9,11H,2,4,6-7H2,1H3. The highest BCUT2D eigenvalue weighted by molar-refractivity contribution is 5.21. The maximum Gasteiger partial charge on any atom is 0.108 e. The van der Waals surface area contributed by atoms with Crippen molar-refractivity contribution in [1.82, 2.24) is 5.32 Å². The summed E-state index contributed by atoms with van der Waals surface area (Å²) in [5.74, 6) is 1.07. The maximum absolute atomic E-state index is 5.40. The van der Waals surface area contributed by atoms with Crippen molar-refractivity contribution in [2.75, 3.05) is 19.8 Å². The quantitative estimate of drug-likeness (QED) is 0.750. The van der Waals surface area contributed by atoms with Gasteiger partial charge in [-0.25, -0.2) is 0 Å². The van der Waals surface area contributed by atoms with E-state index in [-0.39, 0.29) is 0 Å². The summed E-state index contributed by atoms with van der Waals surface area (Å²) in [4.78, 5) is 0. The van der Waals surface area contributed by atoms with Crippen LogP contribution in [0.5, 0.6) is 0 Å². The number of furan rings is 1. The van der Waals surface area contributed by atoms with E-state index in [2.05, 4.69) is 12.2 Å². The molecule has 1 unspecified atom stereocenters. The molecule has 13 heavy (non-hydrogen) atoms. The average Bonchev–Trinajstić information content (AvgIpc) is 2.67.